The highest BCUT2D eigenvalue weighted by molar-refractivity contribution is 6.02. The molecular weight excluding hydrogens is 234 g/mol. The van der Waals surface area contributed by atoms with Crippen molar-refractivity contribution in [3.8, 4) is 0 Å². The first-order valence-electron chi connectivity index (χ1n) is 7.30. The lowest BCUT2D eigenvalue weighted by Crippen LogP contribution is -2.45. The molecule has 19 heavy (non-hydrogen) atoms. The van der Waals surface area contributed by atoms with Gasteiger partial charge >= 0.3 is 0 Å². The van der Waals surface area contributed by atoms with Crippen molar-refractivity contribution in [1.82, 2.24) is 5.32 Å². The molecule has 0 atom stereocenters. The van der Waals surface area contributed by atoms with Gasteiger partial charge in [-0.15, -0.1) is 0 Å². The predicted octanol–water partition coefficient (Wildman–Crippen LogP) is 3.69. The number of hydrogen-bond donors (Lipinski definition) is 1. The molecule has 0 heterocycles. The third-order valence-corrected chi connectivity index (χ3v) is 4.48. The van der Waals surface area contributed by atoms with Gasteiger partial charge in [0.25, 0.3) is 0 Å². The van der Waals surface area contributed by atoms with E-state index in [1.165, 1.54) is 12.0 Å². The summed E-state index contributed by atoms with van der Waals surface area (Å²) < 4.78 is 0. The largest absolute Gasteiger partial charge is 0.319 e. The maximum atomic E-state index is 12.9. The van der Waals surface area contributed by atoms with Gasteiger partial charge in [0.05, 0.1) is 0 Å². The second-order valence-electron chi connectivity index (χ2n) is 6.22. The summed E-state index contributed by atoms with van der Waals surface area (Å²) in [5.74, 6) is 0.807. The molecule has 2 nitrogen and oxygen atoms in total. The van der Waals surface area contributed by atoms with Gasteiger partial charge in [-0.3, -0.25) is 4.79 Å². The molecule has 0 unspecified atom stereocenters. The minimum atomic E-state index is -0.144. The highest BCUT2D eigenvalue weighted by atomic mass is 16.1. The molecular formula is C17H25NO. The van der Waals surface area contributed by atoms with E-state index in [0.29, 0.717) is 11.7 Å². The van der Waals surface area contributed by atoms with Crippen molar-refractivity contribution in [2.45, 2.75) is 46.0 Å². The molecule has 1 aromatic carbocycles. The maximum absolute atomic E-state index is 12.9. The van der Waals surface area contributed by atoms with Crippen LogP contribution in [0.15, 0.2) is 18.2 Å². The molecule has 1 aromatic rings. The van der Waals surface area contributed by atoms with Crippen molar-refractivity contribution in [2.24, 2.45) is 5.41 Å². The first-order valence-corrected chi connectivity index (χ1v) is 7.30. The number of hydrogen-bond acceptors (Lipinski definition) is 2. The molecule has 1 saturated carbocycles. The lowest BCUT2D eigenvalue weighted by Gasteiger charge is -2.40. The minimum absolute atomic E-state index is 0.144. The fourth-order valence-corrected chi connectivity index (χ4v) is 2.96. The summed E-state index contributed by atoms with van der Waals surface area (Å²) in [6.45, 7) is 7.19. The molecule has 1 aliphatic carbocycles. The van der Waals surface area contributed by atoms with Gasteiger partial charge < -0.3 is 5.32 Å². The van der Waals surface area contributed by atoms with Crippen LogP contribution in [0.4, 0.5) is 0 Å². The zero-order valence-corrected chi connectivity index (χ0v) is 12.5. The Hall–Kier alpha value is -1.15. The van der Waals surface area contributed by atoms with Gasteiger partial charge in [0.2, 0.25) is 0 Å². The summed E-state index contributed by atoms with van der Waals surface area (Å²) in [4.78, 5) is 12.9. The number of carbonyl (C=O) groups excluding carboxylic acids is 1. The number of rotatable bonds is 5. The Bertz CT molecular complexity index is 472. The van der Waals surface area contributed by atoms with Crippen LogP contribution in [0.5, 0.6) is 0 Å². The van der Waals surface area contributed by atoms with Crippen LogP contribution in [0.2, 0.25) is 0 Å². The zero-order chi connectivity index (χ0) is 14.0. The van der Waals surface area contributed by atoms with Crippen molar-refractivity contribution < 1.29 is 4.79 Å². The van der Waals surface area contributed by atoms with E-state index in [9.17, 15) is 4.79 Å². The molecule has 0 radical (unpaired) electrons. The summed E-state index contributed by atoms with van der Waals surface area (Å²) in [5.41, 5.74) is 3.15. The average molecular weight is 259 g/mol. The van der Waals surface area contributed by atoms with Crippen LogP contribution >= 0.6 is 0 Å². The first-order chi connectivity index (χ1) is 9.00. The van der Waals surface area contributed by atoms with Crippen LogP contribution in [0.25, 0.3) is 0 Å². The van der Waals surface area contributed by atoms with E-state index in [4.69, 9.17) is 0 Å². The summed E-state index contributed by atoms with van der Waals surface area (Å²) in [6.07, 6.45) is 3.23. The number of aryl methyl sites for hydroxylation is 1. The molecule has 0 bridgehead atoms. The normalized spacial score (nSPS) is 17.3. The molecule has 2 rings (SSSR count). The number of carbonyl (C=O) groups is 1. The monoisotopic (exact) mass is 259 g/mol. The van der Waals surface area contributed by atoms with E-state index in [-0.39, 0.29) is 5.41 Å². The Kier molecular flexibility index (Phi) is 4.10. The number of benzene rings is 1. The van der Waals surface area contributed by atoms with Crippen molar-refractivity contribution in [3.05, 3.63) is 34.9 Å². The summed E-state index contributed by atoms with van der Waals surface area (Å²) >= 11 is 0. The van der Waals surface area contributed by atoms with Gasteiger partial charge in [0.1, 0.15) is 0 Å². The molecule has 0 aromatic heterocycles. The van der Waals surface area contributed by atoms with Crippen LogP contribution in [0, 0.1) is 12.3 Å². The standard InChI is InChI=1S/C17H25NO/c1-12(2)14-7-6-13(3)15(10-14)16(19)17(11-18-4)8-5-9-17/h6-7,10,12,18H,5,8-9,11H2,1-4H3. The summed E-state index contributed by atoms with van der Waals surface area (Å²) in [6, 6.07) is 6.34. The predicted molar refractivity (Wildman–Crippen MR) is 79.8 cm³/mol. The van der Waals surface area contributed by atoms with Crippen LogP contribution in [-0.2, 0) is 0 Å². The molecule has 1 fully saturated rings. The SMILES string of the molecule is CNCC1(C(=O)c2cc(C(C)C)ccc2C)CCC1. The molecule has 104 valence electrons. The summed E-state index contributed by atoms with van der Waals surface area (Å²) in [5, 5.41) is 3.20. The topological polar surface area (TPSA) is 29.1 Å². The zero-order valence-electron chi connectivity index (χ0n) is 12.5. The van der Waals surface area contributed by atoms with E-state index >= 15 is 0 Å². The molecule has 2 heteroatoms. The van der Waals surface area contributed by atoms with Crippen LogP contribution in [0.3, 0.4) is 0 Å². The van der Waals surface area contributed by atoms with Gasteiger partial charge in [0, 0.05) is 17.5 Å². The lowest BCUT2D eigenvalue weighted by molar-refractivity contribution is 0.0613. The van der Waals surface area contributed by atoms with Crippen molar-refractivity contribution >= 4 is 5.78 Å². The van der Waals surface area contributed by atoms with Gasteiger partial charge in [-0.1, -0.05) is 32.4 Å². The Morgan fingerprint density at radius 1 is 1.37 bits per heavy atom. The Morgan fingerprint density at radius 3 is 2.53 bits per heavy atom. The fraction of sp³-hybridized carbons (Fsp3) is 0.588. The highest BCUT2D eigenvalue weighted by Crippen LogP contribution is 2.43. The number of Topliss-reactive ketones (excluding diaryl/α,β-unsaturated/α-hetero) is 1. The quantitative estimate of drug-likeness (QED) is 0.817. The average Bonchev–Trinajstić information content (AvgIpc) is 2.33. The number of ketones is 1. The second-order valence-corrected chi connectivity index (χ2v) is 6.22. The van der Waals surface area contributed by atoms with Crippen molar-refractivity contribution in [2.75, 3.05) is 13.6 Å². The molecule has 0 saturated heterocycles. The van der Waals surface area contributed by atoms with E-state index in [0.717, 1.165) is 30.5 Å². The second kappa shape index (κ2) is 5.46. The van der Waals surface area contributed by atoms with Gasteiger partial charge in [0.15, 0.2) is 5.78 Å². The van der Waals surface area contributed by atoms with Gasteiger partial charge in [-0.2, -0.15) is 0 Å². The lowest BCUT2D eigenvalue weighted by atomic mass is 9.64. The van der Waals surface area contributed by atoms with Crippen LogP contribution in [0.1, 0.15) is 60.5 Å². The molecule has 1 aliphatic rings. The Balaban J connectivity index is 2.35. The van der Waals surface area contributed by atoms with Gasteiger partial charge in [-0.05, 0) is 49.9 Å². The molecule has 0 aliphatic heterocycles. The minimum Gasteiger partial charge on any atom is -0.319 e. The molecule has 1 N–H and O–H groups in total. The Morgan fingerprint density at radius 2 is 2.05 bits per heavy atom. The van der Waals surface area contributed by atoms with Crippen LogP contribution in [-0.4, -0.2) is 19.4 Å². The Labute approximate surface area is 116 Å². The van der Waals surface area contributed by atoms with Crippen molar-refractivity contribution in [1.29, 1.82) is 0 Å². The molecule has 0 amide bonds. The van der Waals surface area contributed by atoms with E-state index in [1.807, 2.05) is 14.0 Å². The summed E-state index contributed by atoms with van der Waals surface area (Å²) in [7, 11) is 1.94. The highest BCUT2D eigenvalue weighted by Gasteiger charge is 2.43. The third kappa shape index (κ3) is 2.59. The van der Waals surface area contributed by atoms with Crippen molar-refractivity contribution in [3.63, 3.8) is 0 Å². The fourth-order valence-electron chi connectivity index (χ4n) is 2.96. The first kappa shape index (κ1) is 14.3. The van der Waals surface area contributed by atoms with Crippen LogP contribution < -0.4 is 5.32 Å². The van der Waals surface area contributed by atoms with E-state index in [1.54, 1.807) is 0 Å². The maximum Gasteiger partial charge on any atom is 0.170 e. The third-order valence-electron chi connectivity index (χ3n) is 4.48. The smallest absolute Gasteiger partial charge is 0.170 e. The van der Waals surface area contributed by atoms with Gasteiger partial charge in [-0.25, -0.2) is 0 Å². The van der Waals surface area contributed by atoms with E-state index in [2.05, 4.69) is 37.4 Å². The molecule has 0 spiro atoms. The number of nitrogens with one attached hydrogen (secondary N) is 1. The van der Waals surface area contributed by atoms with E-state index < -0.39 is 0 Å².